The summed E-state index contributed by atoms with van der Waals surface area (Å²) in [5.74, 6) is -0.339. The molecule has 1 aromatic rings. The van der Waals surface area contributed by atoms with Crippen LogP contribution in [0.15, 0.2) is 27.8 Å². The summed E-state index contributed by atoms with van der Waals surface area (Å²) in [4.78, 5) is 11.8. The summed E-state index contributed by atoms with van der Waals surface area (Å²) >= 11 is 1.71. The number of aromatic hydroxyl groups is 1. The van der Waals surface area contributed by atoms with E-state index in [-0.39, 0.29) is 30.2 Å². The van der Waals surface area contributed by atoms with E-state index in [1.807, 2.05) is 0 Å². The molecule has 7 nitrogen and oxygen atoms in total. The van der Waals surface area contributed by atoms with Crippen LogP contribution in [0.2, 0.25) is 0 Å². The number of phenolic OH excluding ortho intramolecular Hbond substituents is 1. The first-order valence-electron chi connectivity index (χ1n) is 5.87. The first-order chi connectivity index (χ1) is 9.97. The quantitative estimate of drug-likeness (QED) is 0.372. The maximum atomic E-state index is 11.8. The molecule has 1 amide bonds. The van der Waals surface area contributed by atoms with Crippen LogP contribution in [-0.4, -0.2) is 45.5 Å². The molecule has 0 spiro atoms. The van der Waals surface area contributed by atoms with E-state index in [1.165, 1.54) is 13.2 Å². The average molecular weight is 379 g/mol. The molecule has 21 heavy (non-hydrogen) atoms. The monoisotopic (exact) mass is 378 g/mol. The molecular weight excluding hydrogens is 364 g/mol. The molecule has 0 fully saturated rings. The second-order valence-electron chi connectivity index (χ2n) is 3.94. The number of hydrogen-bond donors (Lipinski definition) is 3. The second kappa shape index (κ2) is 8.75. The maximum absolute atomic E-state index is 11.8. The van der Waals surface area contributed by atoms with Gasteiger partial charge in [0, 0.05) is 13.0 Å². The molecule has 3 N–H and O–H groups in total. The van der Waals surface area contributed by atoms with Gasteiger partial charge in [0.15, 0.2) is 11.1 Å². The van der Waals surface area contributed by atoms with Crippen molar-refractivity contribution in [1.29, 1.82) is 0 Å². The third kappa shape index (κ3) is 5.82. The molecule has 0 bridgehead atoms. The van der Waals surface area contributed by atoms with E-state index in [9.17, 15) is 14.1 Å². The minimum Gasteiger partial charge on any atom is -0.507 e. The van der Waals surface area contributed by atoms with E-state index in [0.717, 1.165) is 0 Å². The molecule has 116 valence electrons. The van der Waals surface area contributed by atoms with Crippen LogP contribution in [0.5, 0.6) is 5.75 Å². The van der Waals surface area contributed by atoms with E-state index in [1.54, 1.807) is 12.1 Å². The Hall–Kier alpha value is -1.45. The molecule has 1 aromatic carbocycles. The smallest absolute Gasteiger partial charge is 0.269 e. The predicted molar refractivity (Wildman–Crippen MR) is 81.8 cm³/mol. The Morgan fingerprint density at radius 2 is 2.24 bits per heavy atom. The van der Waals surface area contributed by atoms with Crippen molar-refractivity contribution in [2.24, 2.45) is 5.16 Å². The first-order valence-corrected chi connectivity index (χ1v) is 7.91. The number of rotatable bonds is 7. The van der Waals surface area contributed by atoms with Crippen molar-refractivity contribution >= 4 is 38.6 Å². The van der Waals surface area contributed by atoms with Crippen LogP contribution in [0.25, 0.3) is 0 Å². The second-order valence-corrected chi connectivity index (χ2v) is 6.14. The number of carbonyl (C=O) groups excluding carboxylic acids is 1. The molecule has 0 radical (unpaired) electrons. The number of halogens is 1. The Morgan fingerprint density at radius 1 is 1.52 bits per heavy atom. The zero-order valence-corrected chi connectivity index (χ0v) is 13.6. The molecule has 9 heteroatoms. The molecule has 0 aromatic heterocycles. The van der Waals surface area contributed by atoms with Crippen molar-refractivity contribution in [3.05, 3.63) is 28.2 Å². The van der Waals surface area contributed by atoms with Crippen LogP contribution in [-0.2, 0) is 26.5 Å². The van der Waals surface area contributed by atoms with Crippen molar-refractivity contribution < 1.29 is 23.5 Å². The Balaban J connectivity index is 2.60. The summed E-state index contributed by atoms with van der Waals surface area (Å²) in [5, 5.41) is 23.8. The minimum absolute atomic E-state index is 0.0766. The van der Waals surface area contributed by atoms with Gasteiger partial charge in [0.25, 0.3) is 5.91 Å². The molecule has 1 unspecified atom stereocenters. The van der Waals surface area contributed by atoms with Gasteiger partial charge in [0.05, 0.1) is 17.3 Å². The third-order valence-corrected chi connectivity index (χ3v) is 4.05. The normalized spacial score (nSPS) is 13.0. The fraction of sp³-hybridized carbons (Fsp3) is 0.333. The minimum atomic E-state index is -1.45. The summed E-state index contributed by atoms with van der Waals surface area (Å²) in [5.41, 5.74) is 0.596. The first kappa shape index (κ1) is 17.6. The summed E-state index contributed by atoms with van der Waals surface area (Å²) < 4.78 is 16.1. The van der Waals surface area contributed by atoms with Gasteiger partial charge in [-0.05, 0) is 33.6 Å². The Labute approximate surface area is 132 Å². The topological polar surface area (TPSA) is 108 Å². The van der Waals surface area contributed by atoms with Crippen LogP contribution >= 0.6 is 15.9 Å². The number of carbonyl (C=O) groups is 1. The molecule has 0 saturated heterocycles. The van der Waals surface area contributed by atoms with E-state index >= 15 is 0 Å². The number of phenols is 1. The van der Waals surface area contributed by atoms with Crippen molar-refractivity contribution in [2.45, 2.75) is 6.42 Å². The van der Waals surface area contributed by atoms with Gasteiger partial charge in [-0.15, -0.1) is 0 Å². The van der Waals surface area contributed by atoms with Crippen molar-refractivity contribution in [3.8, 4) is 5.75 Å². The van der Waals surface area contributed by atoms with Crippen LogP contribution in [0.1, 0.15) is 5.56 Å². The summed E-state index contributed by atoms with van der Waals surface area (Å²) in [7, 11) is 1.31. The van der Waals surface area contributed by atoms with Gasteiger partial charge in [-0.2, -0.15) is 0 Å². The van der Waals surface area contributed by atoms with E-state index in [2.05, 4.69) is 30.6 Å². The van der Waals surface area contributed by atoms with Gasteiger partial charge in [0.1, 0.15) is 11.5 Å². The van der Waals surface area contributed by atoms with Crippen LogP contribution in [0.3, 0.4) is 0 Å². The zero-order valence-electron chi connectivity index (χ0n) is 11.2. The zero-order chi connectivity index (χ0) is 15.8. The highest BCUT2D eigenvalue weighted by Gasteiger charge is 2.14. The van der Waals surface area contributed by atoms with E-state index in [0.29, 0.717) is 10.0 Å². The molecule has 0 aliphatic carbocycles. The fourth-order valence-electron chi connectivity index (χ4n) is 1.45. The van der Waals surface area contributed by atoms with Gasteiger partial charge >= 0.3 is 0 Å². The van der Waals surface area contributed by atoms with Crippen LogP contribution in [0, 0.1) is 0 Å². The van der Waals surface area contributed by atoms with Crippen molar-refractivity contribution in [1.82, 2.24) is 5.32 Å². The molecule has 0 aliphatic heterocycles. The summed E-state index contributed by atoms with van der Waals surface area (Å²) in [6.45, 7) is 0.136. The summed E-state index contributed by atoms with van der Waals surface area (Å²) in [6.07, 6.45) is 0.0918. The van der Waals surface area contributed by atoms with Crippen LogP contribution < -0.4 is 5.32 Å². The molecule has 0 saturated carbocycles. The Kier molecular flexibility index (Phi) is 7.34. The van der Waals surface area contributed by atoms with Gasteiger partial charge in [-0.25, -0.2) is 4.21 Å². The van der Waals surface area contributed by atoms with Gasteiger partial charge in [-0.1, -0.05) is 11.2 Å². The van der Waals surface area contributed by atoms with E-state index < -0.39 is 17.0 Å². The van der Waals surface area contributed by atoms with Gasteiger partial charge < -0.3 is 15.6 Å². The Bertz CT molecular complexity index is 565. The van der Waals surface area contributed by atoms with Crippen LogP contribution in [0.4, 0.5) is 0 Å². The third-order valence-electron chi connectivity index (χ3n) is 2.51. The lowest BCUT2D eigenvalue weighted by Gasteiger charge is -2.07. The average Bonchev–Trinajstić information content (AvgIpc) is 2.47. The van der Waals surface area contributed by atoms with E-state index in [4.69, 9.17) is 5.21 Å². The fourth-order valence-corrected chi connectivity index (χ4v) is 2.31. The lowest BCUT2D eigenvalue weighted by molar-refractivity contribution is -0.114. The van der Waals surface area contributed by atoms with Gasteiger partial charge in [0.2, 0.25) is 0 Å². The summed E-state index contributed by atoms with van der Waals surface area (Å²) in [6, 6.07) is 4.69. The molecule has 1 atom stereocenters. The largest absolute Gasteiger partial charge is 0.507 e. The number of nitrogens with one attached hydrogen (secondary N) is 1. The highest BCUT2D eigenvalue weighted by atomic mass is 79.9. The standard InChI is InChI=1S/C12H15BrN2O5S/c1-20-21(19)5-4-14-12(17)10(15-18)7-8-2-3-11(16)9(13)6-8/h2-3,6,16,18H,4-5,7H2,1H3,(H,14,17). The van der Waals surface area contributed by atoms with Crippen molar-refractivity contribution in [2.75, 3.05) is 19.4 Å². The molecule has 0 heterocycles. The number of amides is 1. The highest BCUT2D eigenvalue weighted by molar-refractivity contribution is 9.10. The SMILES string of the molecule is COS(=O)CCNC(=O)C(Cc1ccc(O)c(Br)c1)=NO. The lowest BCUT2D eigenvalue weighted by Crippen LogP contribution is -2.35. The Morgan fingerprint density at radius 3 is 2.81 bits per heavy atom. The van der Waals surface area contributed by atoms with Gasteiger partial charge in [-0.3, -0.25) is 8.98 Å². The highest BCUT2D eigenvalue weighted by Crippen LogP contribution is 2.24. The number of benzene rings is 1. The molecular formula is C12H15BrN2O5S. The number of oxime groups is 1. The molecule has 0 aliphatic rings. The maximum Gasteiger partial charge on any atom is 0.269 e. The number of hydrogen-bond acceptors (Lipinski definition) is 6. The predicted octanol–water partition coefficient (Wildman–Crippen LogP) is 0.954. The lowest BCUT2D eigenvalue weighted by atomic mass is 10.1. The van der Waals surface area contributed by atoms with Crippen molar-refractivity contribution in [3.63, 3.8) is 0 Å². The number of nitrogens with zero attached hydrogens (tertiary/aromatic N) is 1. The molecule has 1 rings (SSSR count).